The van der Waals surface area contributed by atoms with E-state index in [1.165, 1.54) is 19.4 Å². The largest absolute Gasteiger partial charge is 0.399 e. The summed E-state index contributed by atoms with van der Waals surface area (Å²) in [6.45, 7) is 0. The van der Waals surface area contributed by atoms with Crippen molar-refractivity contribution < 1.29 is 14.2 Å². The van der Waals surface area contributed by atoms with Crippen LogP contribution in [-0.2, 0) is 9.63 Å². The Balaban J connectivity index is 2.55. The normalized spacial score (nSPS) is 17.6. The summed E-state index contributed by atoms with van der Waals surface area (Å²) < 4.78 is 4.70. The molecule has 0 bridgehead atoms. The number of oxime groups is 1. The number of hydrogen-bond donors (Lipinski definition) is 0. The molecule has 5 nitrogen and oxygen atoms in total. The summed E-state index contributed by atoms with van der Waals surface area (Å²) in [4.78, 5) is 15.8. The van der Waals surface area contributed by atoms with E-state index in [0.29, 0.717) is 11.3 Å². The van der Waals surface area contributed by atoms with Crippen LogP contribution < -0.4 is 0 Å². The summed E-state index contributed by atoms with van der Waals surface area (Å²) >= 11 is 0. The highest BCUT2D eigenvalue weighted by Crippen LogP contribution is 2.16. The SMILES string of the molecule is CO/N=C1/C(=O)C=Cc2nocc21. The Morgan fingerprint density at radius 1 is 1.54 bits per heavy atom. The lowest BCUT2D eigenvalue weighted by Gasteiger charge is -2.02. The smallest absolute Gasteiger partial charge is 0.208 e. The second-order valence-corrected chi connectivity index (χ2v) is 2.43. The zero-order chi connectivity index (χ0) is 9.26. The fourth-order valence-electron chi connectivity index (χ4n) is 1.09. The molecule has 13 heavy (non-hydrogen) atoms. The van der Waals surface area contributed by atoms with E-state index in [2.05, 4.69) is 15.1 Å². The first-order chi connectivity index (χ1) is 6.33. The standard InChI is InChI=1S/C8H6N2O3/c1-12-10-8-5-4-13-9-6(5)2-3-7(8)11/h2-4H,1H3/b10-8+. The van der Waals surface area contributed by atoms with Crippen molar-refractivity contribution in [1.29, 1.82) is 0 Å². The number of carbonyl (C=O) groups excluding carboxylic acids is 1. The number of ketones is 1. The van der Waals surface area contributed by atoms with E-state index >= 15 is 0 Å². The van der Waals surface area contributed by atoms with Crippen LogP contribution in [0.15, 0.2) is 22.0 Å². The third kappa shape index (κ3) is 1.14. The van der Waals surface area contributed by atoms with Crippen LogP contribution in [0.25, 0.3) is 6.08 Å². The topological polar surface area (TPSA) is 64.7 Å². The molecule has 0 fully saturated rings. The number of rotatable bonds is 1. The number of fused-ring (bicyclic) bond motifs is 1. The molecular weight excluding hydrogens is 172 g/mol. The average Bonchev–Trinajstić information content (AvgIpc) is 2.58. The third-order valence-corrected chi connectivity index (χ3v) is 1.66. The first-order valence-corrected chi connectivity index (χ1v) is 3.61. The zero-order valence-electron chi connectivity index (χ0n) is 6.85. The van der Waals surface area contributed by atoms with Gasteiger partial charge in [-0.1, -0.05) is 10.3 Å². The van der Waals surface area contributed by atoms with Crippen molar-refractivity contribution in [2.75, 3.05) is 7.11 Å². The van der Waals surface area contributed by atoms with Crippen LogP contribution >= 0.6 is 0 Å². The Morgan fingerprint density at radius 2 is 2.38 bits per heavy atom. The predicted molar refractivity (Wildman–Crippen MR) is 44.1 cm³/mol. The lowest BCUT2D eigenvalue weighted by atomic mass is 10.0. The molecule has 1 aromatic rings. The second-order valence-electron chi connectivity index (χ2n) is 2.43. The molecule has 0 amide bonds. The minimum Gasteiger partial charge on any atom is -0.399 e. The highest BCUT2D eigenvalue weighted by molar-refractivity contribution is 6.51. The van der Waals surface area contributed by atoms with E-state index in [4.69, 9.17) is 4.52 Å². The molecule has 1 aliphatic rings. The molecule has 1 aliphatic carbocycles. The van der Waals surface area contributed by atoms with Gasteiger partial charge in [-0.2, -0.15) is 0 Å². The molecule has 0 aliphatic heterocycles. The third-order valence-electron chi connectivity index (χ3n) is 1.66. The summed E-state index contributed by atoms with van der Waals surface area (Å²) in [6.07, 6.45) is 4.33. The summed E-state index contributed by atoms with van der Waals surface area (Å²) in [5.41, 5.74) is 1.38. The zero-order valence-corrected chi connectivity index (χ0v) is 6.85. The highest BCUT2D eigenvalue weighted by Gasteiger charge is 2.22. The van der Waals surface area contributed by atoms with Gasteiger partial charge in [-0.3, -0.25) is 4.79 Å². The summed E-state index contributed by atoms with van der Waals surface area (Å²) in [5, 5.41) is 7.27. The molecule has 0 aromatic carbocycles. The molecular formula is C8H6N2O3. The van der Waals surface area contributed by atoms with Crippen molar-refractivity contribution in [1.82, 2.24) is 5.16 Å². The summed E-state index contributed by atoms with van der Waals surface area (Å²) in [6, 6.07) is 0. The van der Waals surface area contributed by atoms with Gasteiger partial charge >= 0.3 is 0 Å². The number of hydrogen-bond acceptors (Lipinski definition) is 5. The van der Waals surface area contributed by atoms with Gasteiger partial charge in [-0.05, 0) is 12.2 Å². The van der Waals surface area contributed by atoms with E-state index in [1.807, 2.05) is 0 Å². The fraction of sp³-hybridized carbons (Fsp3) is 0.125. The van der Waals surface area contributed by atoms with Gasteiger partial charge in [0.05, 0.1) is 5.56 Å². The van der Waals surface area contributed by atoms with Gasteiger partial charge in [-0.25, -0.2) is 0 Å². The van der Waals surface area contributed by atoms with Crippen molar-refractivity contribution >= 4 is 17.6 Å². The van der Waals surface area contributed by atoms with Crippen LogP contribution in [0.2, 0.25) is 0 Å². The Kier molecular flexibility index (Phi) is 1.70. The molecule has 0 N–H and O–H groups in total. The van der Waals surface area contributed by atoms with Crippen LogP contribution in [0, 0.1) is 0 Å². The van der Waals surface area contributed by atoms with Gasteiger partial charge in [0.25, 0.3) is 0 Å². The van der Waals surface area contributed by atoms with Gasteiger partial charge < -0.3 is 9.36 Å². The van der Waals surface area contributed by atoms with E-state index in [1.54, 1.807) is 6.08 Å². The Labute approximate surface area is 73.7 Å². The minimum atomic E-state index is -0.211. The van der Waals surface area contributed by atoms with Crippen molar-refractivity contribution in [3.05, 3.63) is 23.6 Å². The van der Waals surface area contributed by atoms with Gasteiger partial charge in [0.2, 0.25) is 5.78 Å². The van der Waals surface area contributed by atoms with E-state index in [9.17, 15) is 4.79 Å². The van der Waals surface area contributed by atoms with Crippen molar-refractivity contribution in [3.8, 4) is 0 Å². The maximum atomic E-state index is 11.3. The molecule has 0 unspecified atom stereocenters. The molecule has 0 saturated heterocycles. The first-order valence-electron chi connectivity index (χ1n) is 3.61. The highest BCUT2D eigenvalue weighted by atomic mass is 16.6. The Bertz CT molecular complexity index is 403. The first kappa shape index (κ1) is 7.72. The van der Waals surface area contributed by atoms with Crippen LogP contribution in [0.3, 0.4) is 0 Å². The number of aromatic nitrogens is 1. The Hall–Kier alpha value is -1.91. The van der Waals surface area contributed by atoms with Crippen LogP contribution in [-0.4, -0.2) is 23.8 Å². The van der Waals surface area contributed by atoms with E-state index in [0.717, 1.165) is 0 Å². The van der Waals surface area contributed by atoms with Crippen molar-refractivity contribution in [3.63, 3.8) is 0 Å². The lowest BCUT2D eigenvalue weighted by Crippen LogP contribution is -2.16. The molecule has 0 radical (unpaired) electrons. The van der Waals surface area contributed by atoms with E-state index < -0.39 is 0 Å². The van der Waals surface area contributed by atoms with Crippen LogP contribution in [0.1, 0.15) is 11.3 Å². The summed E-state index contributed by atoms with van der Waals surface area (Å²) in [5.74, 6) is -0.211. The number of carbonyl (C=O) groups is 1. The van der Waals surface area contributed by atoms with Gasteiger partial charge in [0, 0.05) is 0 Å². The molecule has 66 valence electrons. The molecule has 0 saturated carbocycles. The minimum absolute atomic E-state index is 0.211. The van der Waals surface area contributed by atoms with Gasteiger partial charge in [0.1, 0.15) is 19.1 Å². The maximum absolute atomic E-state index is 11.3. The monoisotopic (exact) mass is 178 g/mol. The predicted octanol–water partition coefficient (Wildman–Crippen LogP) is 0.621. The van der Waals surface area contributed by atoms with Crippen molar-refractivity contribution in [2.24, 2.45) is 5.16 Å². The maximum Gasteiger partial charge on any atom is 0.208 e. The van der Waals surface area contributed by atoms with Gasteiger partial charge in [0.15, 0.2) is 5.71 Å². The summed E-state index contributed by atoms with van der Waals surface area (Å²) in [7, 11) is 1.38. The molecule has 0 atom stereocenters. The lowest BCUT2D eigenvalue weighted by molar-refractivity contribution is -0.109. The molecule has 0 spiro atoms. The quantitative estimate of drug-likeness (QED) is 0.591. The Morgan fingerprint density at radius 3 is 3.15 bits per heavy atom. The molecule has 5 heteroatoms. The van der Waals surface area contributed by atoms with Crippen LogP contribution in [0.4, 0.5) is 0 Å². The number of nitrogens with zero attached hydrogens (tertiary/aromatic N) is 2. The van der Waals surface area contributed by atoms with Crippen molar-refractivity contribution in [2.45, 2.75) is 0 Å². The van der Waals surface area contributed by atoms with Gasteiger partial charge in [-0.15, -0.1) is 0 Å². The number of allylic oxidation sites excluding steroid dienone is 1. The molecule has 1 aromatic heterocycles. The van der Waals surface area contributed by atoms with E-state index in [-0.39, 0.29) is 11.5 Å². The molecule has 1 heterocycles. The van der Waals surface area contributed by atoms with Crippen LogP contribution in [0.5, 0.6) is 0 Å². The average molecular weight is 178 g/mol. The molecule has 2 rings (SSSR count). The fourth-order valence-corrected chi connectivity index (χ4v) is 1.09. The second kappa shape index (κ2) is 2.85.